The van der Waals surface area contributed by atoms with Crippen LogP contribution in [-0.4, -0.2) is 47.0 Å². The molecule has 3 amide bonds. The molecule has 0 bridgehead atoms. The maximum atomic E-state index is 12.8. The number of halogens is 1. The lowest BCUT2D eigenvalue weighted by molar-refractivity contribution is -0.117. The fourth-order valence-corrected chi connectivity index (χ4v) is 3.25. The maximum absolute atomic E-state index is 12.8. The molecule has 8 nitrogen and oxygen atoms in total. The number of imide groups is 1. The Labute approximate surface area is 165 Å². The molecule has 0 spiro atoms. The van der Waals surface area contributed by atoms with Crippen molar-refractivity contribution >= 4 is 46.2 Å². The van der Waals surface area contributed by atoms with Gasteiger partial charge in [-0.2, -0.15) is 0 Å². The molecule has 0 aliphatic rings. The minimum absolute atomic E-state index is 0.0724. The summed E-state index contributed by atoms with van der Waals surface area (Å²) in [6.07, 6.45) is 0. The van der Waals surface area contributed by atoms with Crippen molar-refractivity contribution in [3.05, 3.63) is 33.6 Å². The van der Waals surface area contributed by atoms with Crippen LogP contribution >= 0.6 is 23.4 Å². The minimum atomic E-state index is -0.564. The Balaban J connectivity index is 2.23. The Morgan fingerprint density at radius 1 is 1.37 bits per heavy atom. The van der Waals surface area contributed by atoms with Crippen molar-refractivity contribution in [1.29, 1.82) is 0 Å². The van der Waals surface area contributed by atoms with Crippen molar-refractivity contribution in [2.45, 2.75) is 31.6 Å². The van der Waals surface area contributed by atoms with Gasteiger partial charge in [0, 0.05) is 18.2 Å². The zero-order valence-electron chi connectivity index (χ0n) is 15.2. The monoisotopic (exact) mass is 412 g/mol. The Hall–Kier alpha value is -2.10. The number of nitrogens with zero attached hydrogens (tertiary/aromatic N) is 2. The van der Waals surface area contributed by atoms with Gasteiger partial charge in [0.2, 0.25) is 5.91 Å². The van der Waals surface area contributed by atoms with Gasteiger partial charge in [-0.25, -0.2) is 9.78 Å². The third-order valence-corrected chi connectivity index (χ3v) is 4.62. The van der Waals surface area contributed by atoms with Crippen LogP contribution in [0.1, 0.15) is 13.8 Å². The number of fused-ring (bicyclic) bond motifs is 1. The Kier molecular flexibility index (Phi) is 7.64. The highest BCUT2D eigenvalue weighted by molar-refractivity contribution is 7.99. The zero-order valence-corrected chi connectivity index (χ0v) is 16.8. The van der Waals surface area contributed by atoms with Crippen molar-refractivity contribution in [2.75, 3.05) is 19.5 Å². The fraction of sp³-hybridized carbons (Fsp3) is 0.412. The van der Waals surface area contributed by atoms with Crippen LogP contribution < -0.4 is 16.2 Å². The number of aromatic nitrogens is 2. The van der Waals surface area contributed by atoms with Crippen LogP contribution in [0.3, 0.4) is 0 Å². The van der Waals surface area contributed by atoms with Crippen LogP contribution in [-0.2, 0) is 16.1 Å². The summed E-state index contributed by atoms with van der Waals surface area (Å²) in [4.78, 5) is 40.8. The zero-order chi connectivity index (χ0) is 20.0. The second-order valence-electron chi connectivity index (χ2n) is 5.97. The maximum Gasteiger partial charge on any atom is 0.321 e. The summed E-state index contributed by atoms with van der Waals surface area (Å²) < 4.78 is 6.50. The Morgan fingerprint density at radius 3 is 2.78 bits per heavy atom. The Morgan fingerprint density at radius 2 is 2.11 bits per heavy atom. The summed E-state index contributed by atoms with van der Waals surface area (Å²) in [7, 11) is 1.53. The predicted molar refractivity (Wildman–Crippen MR) is 105 cm³/mol. The number of hydrogen-bond acceptors (Lipinski definition) is 6. The predicted octanol–water partition coefficient (Wildman–Crippen LogP) is 2.02. The molecule has 1 aromatic carbocycles. The molecule has 0 saturated carbocycles. The van der Waals surface area contributed by atoms with Crippen molar-refractivity contribution in [1.82, 2.24) is 20.2 Å². The second kappa shape index (κ2) is 9.72. The standard InChI is InChI=1S/C17H21ClN4O4S/c1-10(2)19-16(25)21-14(23)9-27-17-20-13-8-11(18)4-5-12(13)15(24)22(17)6-7-26-3/h4-5,8,10H,6-7,9H2,1-3H3,(H2,19,21,23,25). The second-order valence-corrected chi connectivity index (χ2v) is 7.35. The molecule has 0 saturated heterocycles. The lowest BCUT2D eigenvalue weighted by atomic mass is 10.2. The number of urea groups is 1. The molecule has 0 radical (unpaired) electrons. The van der Waals surface area contributed by atoms with Crippen LogP contribution in [0.25, 0.3) is 10.9 Å². The van der Waals surface area contributed by atoms with E-state index in [1.54, 1.807) is 32.0 Å². The molecule has 27 heavy (non-hydrogen) atoms. The van der Waals surface area contributed by atoms with Crippen LogP contribution in [0.5, 0.6) is 0 Å². The molecule has 146 valence electrons. The van der Waals surface area contributed by atoms with Crippen LogP contribution in [0.4, 0.5) is 4.79 Å². The molecular formula is C17H21ClN4O4S. The highest BCUT2D eigenvalue weighted by Gasteiger charge is 2.15. The van der Waals surface area contributed by atoms with E-state index in [2.05, 4.69) is 15.6 Å². The van der Waals surface area contributed by atoms with E-state index in [9.17, 15) is 14.4 Å². The van der Waals surface area contributed by atoms with Crippen LogP contribution in [0.15, 0.2) is 28.2 Å². The van der Waals surface area contributed by atoms with Gasteiger partial charge in [0.25, 0.3) is 5.56 Å². The molecule has 2 N–H and O–H groups in total. The number of methoxy groups -OCH3 is 1. The minimum Gasteiger partial charge on any atom is -0.383 e. The van der Waals surface area contributed by atoms with Gasteiger partial charge in [0.1, 0.15) is 0 Å². The molecule has 0 atom stereocenters. The number of thioether (sulfide) groups is 1. The average molecular weight is 413 g/mol. The highest BCUT2D eigenvalue weighted by Crippen LogP contribution is 2.20. The number of carbonyl (C=O) groups excluding carboxylic acids is 2. The van der Waals surface area contributed by atoms with Gasteiger partial charge in [-0.3, -0.25) is 19.5 Å². The van der Waals surface area contributed by atoms with Gasteiger partial charge >= 0.3 is 6.03 Å². The van der Waals surface area contributed by atoms with Gasteiger partial charge in [0.05, 0.1) is 29.8 Å². The van der Waals surface area contributed by atoms with Gasteiger partial charge in [-0.15, -0.1) is 0 Å². The molecule has 1 aromatic heterocycles. The summed E-state index contributed by atoms with van der Waals surface area (Å²) >= 11 is 7.05. The van der Waals surface area contributed by atoms with E-state index in [4.69, 9.17) is 16.3 Å². The first kappa shape index (κ1) is 21.2. The van der Waals surface area contributed by atoms with Gasteiger partial charge < -0.3 is 10.1 Å². The third-order valence-electron chi connectivity index (χ3n) is 3.41. The van der Waals surface area contributed by atoms with E-state index in [-0.39, 0.29) is 17.4 Å². The first-order valence-corrected chi connectivity index (χ1v) is 9.60. The Bertz CT molecular complexity index is 900. The molecule has 2 rings (SSSR count). The van der Waals surface area contributed by atoms with Crippen molar-refractivity contribution < 1.29 is 14.3 Å². The van der Waals surface area contributed by atoms with Crippen LogP contribution in [0.2, 0.25) is 5.02 Å². The SMILES string of the molecule is COCCn1c(SCC(=O)NC(=O)NC(C)C)nc2cc(Cl)ccc2c1=O. The van der Waals surface area contributed by atoms with E-state index in [0.717, 1.165) is 11.8 Å². The lowest BCUT2D eigenvalue weighted by Crippen LogP contribution is -2.43. The van der Waals surface area contributed by atoms with E-state index in [1.165, 1.54) is 11.7 Å². The molecule has 0 unspecified atom stereocenters. The molecule has 0 aliphatic heterocycles. The summed E-state index contributed by atoms with van der Waals surface area (Å²) in [5.41, 5.74) is 0.204. The van der Waals surface area contributed by atoms with Crippen molar-refractivity contribution in [3.63, 3.8) is 0 Å². The first-order chi connectivity index (χ1) is 12.8. The molecular weight excluding hydrogens is 392 g/mol. The molecule has 10 heteroatoms. The smallest absolute Gasteiger partial charge is 0.321 e. The highest BCUT2D eigenvalue weighted by atomic mass is 35.5. The van der Waals surface area contributed by atoms with Gasteiger partial charge in [-0.1, -0.05) is 23.4 Å². The molecule has 2 aromatic rings. The fourth-order valence-electron chi connectivity index (χ4n) is 2.25. The number of hydrogen-bond donors (Lipinski definition) is 2. The topological polar surface area (TPSA) is 102 Å². The summed E-state index contributed by atoms with van der Waals surface area (Å²) in [5.74, 6) is -0.561. The van der Waals surface area contributed by atoms with E-state index < -0.39 is 11.9 Å². The largest absolute Gasteiger partial charge is 0.383 e. The van der Waals surface area contributed by atoms with E-state index in [1.807, 2.05) is 0 Å². The first-order valence-electron chi connectivity index (χ1n) is 8.24. The quantitative estimate of drug-likeness (QED) is 0.532. The van der Waals surface area contributed by atoms with Gasteiger partial charge in [-0.05, 0) is 32.0 Å². The van der Waals surface area contributed by atoms with E-state index in [0.29, 0.717) is 34.2 Å². The summed E-state index contributed by atoms with van der Waals surface area (Å²) in [6.45, 7) is 4.19. The summed E-state index contributed by atoms with van der Waals surface area (Å²) in [6, 6.07) is 4.19. The number of benzene rings is 1. The number of rotatable bonds is 7. The molecule has 0 aliphatic carbocycles. The lowest BCUT2D eigenvalue weighted by Gasteiger charge is -2.13. The van der Waals surface area contributed by atoms with E-state index >= 15 is 0 Å². The molecule has 0 fully saturated rings. The number of carbonyl (C=O) groups is 2. The van der Waals surface area contributed by atoms with Crippen molar-refractivity contribution in [3.8, 4) is 0 Å². The average Bonchev–Trinajstić information content (AvgIpc) is 2.58. The van der Waals surface area contributed by atoms with Crippen LogP contribution in [0, 0.1) is 0 Å². The normalized spacial score (nSPS) is 11.0. The number of ether oxygens (including phenoxy) is 1. The van der Waals surface area contributed by atoms with Gasteiger partial charge in [0.15, 0.2) is 5.16 Å². The van der Waals surface area contributed by atoms with Crippen molar-refractivity contribution in [2.24, 2.45) is 0 Å². The number of amides is 3. The summed E-state index contributed by atoms with van der Waals surface area (Å²) in [5, 5.41) is 6.05. The third kappa shape index (κ3) is 5.95. The number of nitrogens with one attached hydrogen (secondary N) is 2. The molecule has 1 heterocycles.